The molecule has 1 aliphatic rings. The molecule has 0 bridgehead atoms. The van der Waals surface area contributed by atoms with Crippen LogP contribution >= 0.6 is 11.6 Å². The van der Waals surface area contributed by atoms with Crippen molar-refractivity contribution in [2.24, 2.45) is 4.99 Å². The summed E-state index contributed by atoms with van der Waals surface area (Å²) < 4.78 is 46.4. The third-order valence-electron chi connectivity index (χ3n) is 4.27. The summed E-state index contributed by atoms with van der Waals surface area (Å²) in [5, 5.41) is 9.54. The molecule has 0 fully saturated rings. The SMILES string of the molecule is COc1ccc(Cl)cc1S(=O)(=O)c1c(F)ccc2c1=C(CC(=O)O)C(C)N=2. The molecule has 1 atom stereocenters. The van der Waals surface area contributed by atoms with Crippen molar-refractivity contribution in [3.63, 3.8) is 0 Å². The number of sulfone groups is 1. The number of rotatable bonds is 5. The highest BCUT2D eigenvalue weighted by molar-refractivity contribution is 7.91. The first-order chi connectivity index (χ1) is 12.7. The van der Waals surface area contributed by atoms with Crippen LogP contribution in [0.15, 0.2) is 45.1 Å². The second kappa shape index (κ2) is 6.94. The molecule has 9 heteroatoms. The predicted molar refractivity (Wildman–Crippen MR) is 95.8 cm³/mol. The minimum Gasteiger partial charge on any atom is -0.495 e. The molecule has 0 amide bonds. The normalized spacial score (nSPS) is 16.0. The molecule has 0 saturated carbocycles. The number of nitrogens with zero attached hydrogens (tertiary/aromatic N) is 1. The molecule has 142 valence electrons. The fourth-order valence-electron chi connectivity index (χ4n) is 3.09. The Labute approximate surface area is 159 Å². The molecule has 27 heavy (non-hydrogen) atoms. The van der Waals surface area contributed by atoms with Crippen molar-refractivity contribution in [2.45, 2.75) is 29.2 Å². The van der Waals surface area contributed by atoms with Crippen LogP contribution in [0, 0.1) is 5.82 Å². The van der Waals surface area contributed by atoms with Crippen LogP contribution in [-0.2, 0) is 14.6 Å². The Hall–Kier alpha value is -2.45. The number of aliphatic carboxylic acids is 1. The monoisotopic (exact) mass is 411 g/mol. The minimum absolute atomic E-state index is 0.000767. The van der Waals surface area contributed by atoms with Crippen molar-refractivity contribution in [3.8, 4) is 5.75 Å². The molecule has 0 aliphatic carbocycles. The second-order valence-electron chi connectivity index (χ2n) is 5.97. The van der Waals surface area contributed by atoms with Gasteiger partial charge in [0.2, 0.25) is 9.84 Å². The zero-order chi connectivity index (χ0) is 19.9. The molecule has 0 saturated heterocycles. The van der Waals surface area contributed by atoms with Crippen molar-refractivity contribution < 1.29 is 27.4 Å². The van der Waals surface area contributed by atoms with E-state index in [1.54, 1.807) is 6.92 Å². The summed E-state index contributed by atoms with van der Waals surface area (Å²) in [6, 6.07) is 5.75. The Bertz CT molecular complexity index is 1180. The van der Waals surface area contributed by atoms with Crippen LogP contribution in [0.5, 0.6) is 5.75 Å². The van der Waals surface area contributed by atoms with Gasteiger partial charge in [0.1, 0.15) is 21.4 Å². The Balaban J connectivity index is 2.43. The van der Waals surface area contributed by atoms with Gasteiger partial charge in [0, 0.05) is 10.2 Å². The van der Waals surface area contributed by atoms with Gasteiger partial charge in [0.25, 0.3) is 0 Å². The molecule has 1 unspecified atom stereocenters. The molecule has 6 nitrogen and oxygen atoms in total. The lowest BCUT2D eigenvalue weighted by Gasteiger charge is -2.12. The maximum absolute atomic E-state index is 14.7. The smallest absolute Gasteiger partial charge is 0.307 e. The van der Waals surface area contributed by atoms with Crippen molar-refractivity contribution in [2.75, 3.05) is 7.11 Å². The number of hydrogen-bond donors (Lipinski definition) is 1. The first-order valence-electron chi connectivity index (χ1n) is 7.86. The van der Waals surface area contributed by atoms with Crippen LogP contribution in [0.1, 0.15) is 13.3 Å². The number of carboxylic acids is 1. The summed E-state index contributed by atoms with van der Waals surface area (Å²) in [5.41, 5.74) is 0.233. The molecule has 1 aliphatic heterocycles. The van der Waals surface area contributed by atoms with Crippen LogP contribution < -0.4 is 15.3 Å². The fraction of sp³-hybridized carbons (Fsp3) is 0.222. The molecule has 0 spiro atoms. The molecule has 1 N–H and O–H groups in total. The van der Waals surface area contributed by atoms with Crippen LogP contribution in [0.4, 0.5) is 4.39 Å². The van der Waals surface area contributed by atoms with Crippen molar-refractivity contribution in [1.82, 2.24) is 0 Å². The number of hydrogen-bond acceptors (Lipinski definition) is 5. The number of carboxylic acid groups (broad SMARTS) is 1. The summed E-state index contributed by atoms with van der Waals surface area (Å²) in [6.45, 7) is 1.63. The minimum atomic E-state index is -4.41. The average Bonchev–Trinajstić information content (AvgIpc) is 2.90. The Kier molecular flexibility index (Phi) is 4.96. The van der Waals surface area contributed by atoms with Gasteiger partial charge in [-0.05, 0) is 42.8 Å². The zero-order valence-corrected chi connectivity index (χ0v) is 15.9. The first-order valence-corrected chi connectivity index (χ1v) is 9.72. The number of halogens is 2. The van der Waals surface area contributed by atoms with Gasteiger partial charge >= 0.3 is 5.97 Å². The number of ether oxygens (including phenoxy) is 1. The molecule has 2 aromatic rings. The number of fused-ring (bicyclic) bond motifs is 1. The van der Waals surface area contributed by atoms with Crippen LogP contribution in [0.3, 0.4) is 0 Å². The van der Waals surface area contributed by atoms with Gasteiger partial charge in [-0.1, -0.05) is 11.6 Å². The maximum Gasteiger partial charge on any atom is 0.307 e. The molecule has 2 aromatic carbocycles. The van der Waals surface area contributed by atoms with Gasteiger partial charge < -0.3 is 9.84 Å². The average molecular weight is 412 g/mol. The Morgan fingerprint density at radius 3 is 2.67 bits per heavy atom. The van der Waals surface area contributed by atoms with Crippen molar-refractivity contribution in [1.29, 1.82) is 0 Å². The van der Waals surface area contributed by atoms with Crippen LogP contribution in [0.25, 0.3) is 5.57 Å². The van der Waals surface area contributed by atoms with Crippen molar-refractivity contribution >= 4 is 33.0 Å². The zero-order valence-electron chi connectivity index (χ0n) is 14.4. The Morgan fingerprint density at radius 1 is 1.33 bits per heavy atom. The fourth-order valence-corrected chi connectivity index (χ4v) is 5.08. The lowest BCUT2D eigenvalue weighted by molar-refractivity contribution is -0.135. The first kappa shape index (κ1) is 19.3. The summed E-state index contributed by atoms with van der Waals surface area (Å²) in [4.78, 5) is 14.6. The summed E-state index contributed by atoms with van der Waals surface area (Å²) >= 11 is 5.93. The van der Waals surface area contributed by atoms with E-state index in [-0.39, 0.29) is 31.8 Å². The summed E-state index contributed by atoms with van der Waals surface area (Å²) in [5.74, 6) is -2.16. The van der Waals surface area contributed by atoms with E-state index >= 15 is 0 Å². The van der Waals surface area contributed by atoms with Gasteiger partial charge in [-0.3, -0.25) is 9.79 Å². The Morgan fingerprint density at radius 2 is 2.04 bits per heavy atom. The van der Waals surface area contributed by atoms with E-state index in [4.69, 9.17) is 16.3 Å². The van der Waals surface area contributed by atoms with E-state index in [0.29, 0.717) is 0 Å². The highest BCUT2D eigenvalue weighted by Gasteiger charge is 2.31. The lowest BCUT2D eigenvalue weighted by Crippen LogP contribution is -2.32. The predicted octanol–water partition coefficient (Wildman–Crippen LogP) is 1.97. The van der Waals surface area contributed by atoms with Gasteiger partial charge in [0.05, 0.1) is 24.9 Å². The molecular weight excluding hydrogens is 397 g/mol. The van der Waals surface area contributed by atoms with E-state index in [9.17, 15) is 22.7 Å². The summed E-state index contributed by atoms with van der Waals surface area (Å²) in [6.07, 6.45) is -0.448. The van der Waals surface area contributed by atoms with Gasteiger partial charge in [-0.15, -0.1) is 0 Å². The second-order valence-corrected chi connectivity index (χ2v) is 8.26. The van der Waals surface area contributed by atoms with E-state index in [1.807, 2.05) is 0 Å². The quantitative estimate of drug-likeness (QED) is 0.811. The van der Waals surface area contributed by atoms with Gasteiger partial charge in [0.15, 0.2) is 0 Å². The van der Waals surface area contributed by atoms with Gasteiger partial charge in [-0.2, -0.15) is 0 Å². The van der Waals surface area contributed by atoms with E-state index in [0.717, 1.165) is 6.07 Å². The molecule has 0 radical (unpaired) electrons. The topological polar surface area (TPSA) is 93.0 Å². The number of carbonyl (C=O) groups is 1. The molecule has 3 rings (SSSR count). The molecule has 0 aromatic heterocycles. The summed E-state index contributed by atoms with van der Waals surface area (Å²) in [7, 11) is -3.13. The third-order valence-corrected chi connectivity index (χ3v) is 6.34. The number of benzene rings is 2. The molecular formula is C18H15ClFNO5S. The van der Waals surface area contributed by atoms with Gasteiger partial charge in [-0.25, -0.2) is 12.8 Å². The van der Waals surface area contributed by atoms with Crippen LogP contribution in [-0.4, -0.2) is 32.6 Å². The highest BCUT2D eigenvalue weighted by atomic mass is 35.5. The van der Waals surface area contributed by atoms with E-state index < -0.39 is 39.0 Å². The van der Waals surface area contributed by atoms with E-state index in [1.165, 1.54) is 31.4 Å². The standard InChI is InChI=1S/C18H15ClFNO5S/c1-9-11(8-16(22)23)17-13(21-9)5-4-12(20)18(17)27(24,25)15-7-10(19)3-6-14(15)26-2/h3-7,9H,8H2,1-2H3,(H,22,23). The third kappa shape index (κ3) is 3.30. The maximum atomic E-state index is 14.7. The molecule has 1 heterocycles. The highest BCUT2D eigenvalue weighted by Crippen LogP contribution is 2.32. The van der Waals surface area contributed by atoms with Crippen LogP contribution in [0.2, 0.25) is 5.02 Å². The lowest BCUT2D eigenvalue weighted by atomic mass is 10.0. The van der Waals surface area contributed by atoms with Crippen molar-refractivity contribution in [3.05, 3.63) is 51.7 Å². The largest absolute Gasteiger partial charge is 0.495 e. The number of methoxy groups -OCH3 is 1. The van der Waals surface area contributed by atoms with E-state index in [2.05, 4.69) is 4.99 Å².